The van der Waals surface area contributed by atoms with Crippen molar-refractivity contribution < 1.29 is 36.2 Å². The van der Waals surface area contributed by atoms with Crippen LogP contribution in [0.25, 0.3) is 0 Å². The first-order valence-electron chi connectivity index (χ1n) is 7.81. The molecule has 2 aromatic rings. The molecule has 0 fully saturated rings. The number of hydrogen-bond donors (Lipinski definition) is 2. The molecule has 1 unspecified atom stereocenters. The number of benzene rings is 2. The molecule has 0 saturated carbocycles. The third-order valence-electron chi connectivity index (χ3n) is 3.27. The smallest absolute Gasteiger partial charge is 0.491 e. The fourth-order valence-electron chi connectivity index (χ4n) is 2.08. The average molecular weight is 405 g/mol. The molecule has 2 rings (SSSR count). The predicted molar refractivity (Wildman–Crippen MR) is 90.8 cm³/mol. The molecule has 148 valence electrons. The van der Waals surface area contributed by atoms with Gasteiger partial charge in [-0.25, -0.2) is 13.1 Å². The zero-order valence-corrected chi connectivity index (χ0v) is 15.0. The number of halogens is 3. The molecule has 0 radical (unpaired) electrons. The van der Waals surface area contributed by atoms with E-state index >= 15 is 0 Å². The van der Waals surface area contributed by atoms with E-state index in [9.17, 15) is 26.7 Å². The lowest BCUT2D eigenvalue weighted by molar-refractivity contribution is -0.274. The average Bonchev–Trinajstić information content (AvgIpc) is 2.58. The van der Waals surface area contributed by atoms with Crippen LogP contribution in [0.2, 0.25) is 0 Å². The summed E-state index contributed by atoms with van der Waals surface area (Å²) in [7, 11) is -3.96. The Morgan fingerprint density at radius 3 is 2.33 bits per heavy atom. The molecule has 1 atom stereocenters. The highest BCUT2D eigenvalue weighted by Gasteiger charge is 2.31. The van der Waals surface area contributed by atoms with E-state index in [1.807, 2.05) is 0 Å². The fraction of sp³-hybridized carbons (Fsp3) is 0.294. The molecule has 6 nitrogen and oxygen atoms in total. The Bertz CT molecular complexity index is 852. The van der Waals surface area contributed by atoms with Crippen LogP contribution in [0.5, 0.6) is 11.5 Å². The second-order valence-electron chi connectivity index (χ2n) is 5.61. The monoisotopic (exact) mass is 405 g/mol. The summed E-state index contributed by atoms with van der Waals surface area (Å²) in [5.41, 5.74) is 0.541. The Kier molecular flexibility index (Phi) is 6.68. The van der Waals surface area contributed by atoms with Crippen molar-refractivity contribution in [1.82, 2.24) is 4.72 Å². The van der Waals surface area contributed by atoms with Crippen LogP contribution in [0.1, 0.15) is 12.5 Å². The van der Waals surface area contributed by atoms with Crippen molar-refractivity contribution in [3.8, 4) is 11.5 Å². The third kappa shape index (κ3) is 6.74. The SMILES string of the molecule is CC(O)COc1ccccc1CNS(=O)(=O)c1ccc(OC(F)(F)F)cc1. The molecular weight excluding hydrogens is 387 g/mol. The van der Waals surface area contributed by atoms with Gasteiger partial charge in [-0.2, -0.15) is 0 Å². The number of ether oxygens (including phenoxy) is 2. The largest absolute Gasteiger partial charge is 0.573 e. The molecule has 0 heterocycles. The van der Waals surface area contributed by atoms with Gasteiger partial charge in [0.1, 0.15) is 18.1 Å². The van der Waals surface area contributed by atoms with Crippen LogP contribution in [0.3, 0.4) is 0 Å². The molecule has 2 N–H and O–H groups in total. The predicted octanol–water partition coefficient (Wildman–Crippen LogP) is 2.82. The first-order valence-corrected chi connectivity index (χ1v) is 9.29. The Hall–Kier alpha value is -2.30. The molecule has 10 heteroatoms. The second kappa shape index (κ2) is 8.59. The van der Waals surface area contributed by atoms with E-state index in [1.54, 1.807) is 31.2 Å². The fourth-order valence-corrected chi connectivity index (χ4v) is 3.08. The highest BCUT2D eigenvalue weighted by molar-refractivity contribution is 7.89. The standard InChI is InChI=1S/C17H18F3NO5S/c1-12(22)11-25-16-5-3-2-4-13(16)10-21-27(23,24)15-8-6-14(7-9-15)26-17(18,19)20/h2-9,12,21-22H,10-11H2,1H3. The quantitative estimate of drug-likeness (QED) is 0.706. The van der Waals surface area contributed by atoms with Gasteiger partial charge in [0.15, 0.2) is 0 Å². The highest BCUT2D eigenvalue weighted by atomic mass is 32.2. The number of hydrogen-bond acceptors (Lipinski definition) is 5. The molecular formula is C17H18F3NO5S. The van der Waals surface area contributed by atoms with Crippen LogP contribution in [-0.2, 0) is 16.6 Å². The molecule has 0 aliphatic heterocycles. The number of nitrogens with one attached hydrogen (secondary N) is 1. The molecule has 0 aliphatic rings. The summed E-state index contributed by atoms with van der Waals surface area (Å²) in [6.07, 6.45) is -5.54. The van der Waals surface area contributed by atoms with E-state index in [2.05, 4.69) is 9.46 Å². The van der Waals surface area contributed by atoms with Gasteiger partial charge in [0, 0.05) is 12.1 Å². The highest BCUT2D eigenvalue weighted by Crippen LogP contribution is 2.24. The first-order chi connectivity index (χ1) is 12.6. The zero-order chi connectivity index (χ0) is 20.1. The van der Waals surface area contributed by atoms with Gasteiger partial charge in [-0.1, -0.05) is 18.2 Å². The van der Waals surface area contributed by atoms with Crippen molar-refractivity contribution in [3.63, 3.8) is 0 Å². The maximum Gasteiger partial charge on any atom is 0.573 e. The lowest BCUT2D eigenvalue weighted by Gasteiger charge is -2.14. The lowest BCUT2D eigenvalue weighted by Crippen LogP contribution is -2.24. The summed E-state index contributed by atoms with van der Waals surface area (Å²) >= 11 is 0. The van der Waals surface area contributed by atoms with Crippen LogP contribution in [0.15, 0.2) is 53.4 Å². The lowest BCUT2D eigenvalue weighted by atomic mass is 10.2. The minimum absolute atomic E-state index is 0.0461. The van der Waals surface area contributed by atoms with Gasteiger partial charge in [0.25, 0.3) is 0 Å². The van der Waals surface area contributed by atoms with Crippen LogP contribution in [0, 0.1) is 0 Å². The van der Waals surface area contributed by atoms with Gasteiger partial charge in [-0.3, -0.25) is 0 Å². The van der Waals surface area contributed by atoms with E-state index in [-0.39, 0.29) is 18.0 Å². The van der Waals surface area contributed by atoms with Crippen molar-refractivity contribution in [2.45, 2.75) is 30.8 Å². The van der Waals surface area contributed by atoms with Crippen LogP contribution in [-0.4, -0.2) is 32.6 Å². The Balaban J connectivity index is 2.07. The van der Waals surface area contributed by atoms with Crippen LogP contribution >= 0.6 is 0 Å². The minimum atomic E-state index is -4.85. The van der Waals surface area contributed by atoms with E-state index in [0.29, 0.717) is 11.3 Å². The number of aliphatic hydroxyl groups is 1. The van der Waals surface area contributed by atoms with E-state index in [0.717, 1.165) is 24.3 Å². The number of para-hydroxylation sites is 1. The topological polar surface area (TPSA) is 84.9 Å². The van der Waals surface area contributed by atoms with Crippen LogP contribution in [0.4, 0.5) is 13.2 Å². The number of alkyl halides is 3. The number of aliphatic hydroxyl groups excluding tert-OH is 1. The summed E-state index contributed by atoms with van der Waals surface area (Å²) < 4.78 is 72.6. The molecule has 0 aromatic heterocycles. The van der Waals surface area contributed by atoms with Crippen molar-refractivity contribution in [1.29, 1.82) is 0 Å². The van der Waals surface area contributed by atoms with Gasteiger partial charge >= 0.3 is 6.36 Å². The summed E-state index contributed by atoms with van der Waals surface area (Å²) in [5.74, 6) is -0.103. The van der Waals surface area contributed by atoms with Gasteiger partial charge in [-0.15, -0.1) is 13.2 Å². The van der Waals surface area contributed by atoms with Gasteiger partial charge < -0.3 is 14.6 Å². The molecule has 0 amide bonds. The Morgan fingerprint density at radius 1 is 1.11 bits per heavy atom. The van der Waals surface area contributed by atoms with Gasteiger partial charge in [0.2, 0.25) is 10.0 Å². The third-order valence-corrected chi connectivity index (χ3v) is 4.69. The summed E-state index contributed by atoms with van der Waals surface area (Å²) in [4.78, 5) is -0.209. The number of sulfonamides is 1. The summed E-state index contributed by atoms with van der Waals surface area (Å²) in [5, 5.41) is 9.29. The normalized spacial score (nSPS) is 13.2. The van der Waals surface area contributed by atoms with Crippen molar-refractivity contribution in [2.75, 3.05) is 6.61 Å². The summed E-state index contributed by atoms with van der Waals surface area (Å²) in [6.45, 7) is 1.50. The molecule has 27 heavy (non-hydrogen) atoms. The van der Waals surface area contributed by atoms with Crippen LogP contribution < -0.4 is 14.2 Å². The Labute approximate surface area is 154 Å². The van der Waals surface area contributed by atoms with Gasteiger partial charge in [-0.05, 0) is 37.3 Å². The molecule has 0 spiro atoms. The molecule has 0 aliphatic carbocycles. The summed E-state index contributed by atoms with van der Waals surface area (Å²) in [6, 6.07) is 10.5. The zero-order valence-electron chi connectivity index (χ0n) is 14.2. The first kappa shape index (κ1) is 21.0. The van der Waals surface area contributed by atoms with E-state index in [4.69, 9.17) is 4.74 Å². The van der Waals surface area contributed by atoms with Crippen molar-refractivity contribution >= 4 is 10.0 Å². The minimum Gasteiger partial charge on any atom is -0.491 e. The van der Waals surface area contributed by atoms with E-state index < -0.39 is 28.2 Å². The molecule has 0 saturated heterocycles. The maximum atomic E-state index is 12.3. The van der Waals surface area contributed by atoms with E-state index in [1.165, 1.54) is 0 Å². The maximum absolute atomic E-state index is 12.3. The molecule has 0 bridgehead atoms. The van der Waals surface area contributed by atoms with Crippen molar-refractivity contribution in [2.24, 2.45) is 0 Å². The Morgan fingerprint density at radius 2 is 1.74 bits per heavy atom. The second-order valence-corrected chi connectivity index (χ2v) is 7.38. The number of rotatable bonds is 8. The van der Waals surface area contributed by atoms with Gasteiger partial charge in [0.05, 0.1) is 11.0 Å². The molecule has 2 aromatic carbocycles. The van der Waals surface area contributed by atoms with Crippen molar-refractivity contribution in [3.05, 3.63) is 54.1 Å².